The van der Waals surface area contributed by atoms with Gasteiger partial charge in [-0.15, -0.1) is 0 Å². The van der Waals surface area contributed by atoms with E-state index in [0.717, 1.165) is 13.0 Å². The lowest BCUT2D eigenvalue weighted by Gasteiger charge is -2.49. The summed E-state index contributed by atoms with van der Waals surface area (Å²) in [6.45, 7) is 3.77. The average Bonchev–Trinajstić information content (AvgIpc) is 2.78. The Morgan fingerprint density at radius 2 is 1.16 bits per heavy atom. The smallest absolute Gasteiger partial charge is 0.261 e. The van der Waals surface area contributed by atoms with Crippen LogP contribution in [0.15, 0.2) is 91.0 Å². The largest absolute Gasteiger partial charge is 0.392 e. The van der Waals surface area contributed by atoms with Crippen molar-refractivity contribution >= 4 is 10.1 Å². The van der Waals surface area contributed by atoms with Crippen molar-refractivity contribution in [2.75, 3.05) is 19.3 Å². The van der Waals surface area contributed by atoms with Crippen molar-refractivity contribution in [3.63, 3.8) is 0 Å². The number of aliphatic hydroxyl groups is 1. The second-order valence-corrected chi connectivity index (χ2v) is 9.79. The summed E-state index contributed by atoms with van der Waals surface area (Å²) in [5, 5.41) is 10.7. The minimum absolute atomic E-state index is 0.311. The highest BCUT2D eigenvalue weighted by molar-refractivity contribution is 7.85. The van der Waals surface area contributed by atoms with E-state index in [2.05, 4.69) is 103 Å². The van der Waals surface area contributed by atoms with Crippen LogP contribution in [0.2, 0.25) is 0 Å². The van der Waals surface area contributed by atoms with Gasteiger partial charge in [0.05, 0.1) is 17.9 Å². The van der Waals surface area contributed by atoms with Gasteiger partial charge in [-0.2, -0.15) is 8.42 Å². The monoisotopic (exact) mass is 453 g/mol. The highest BCUT2D eigenvalue weighted by Crippen LogP contribution is 2.44. The molecule has 4 rings (SSSR count). The van der Waals surface area contributed by atoms with E-state index in [1.54, 1.807) is 0 Å². The van der Waals surface area contributed by atoms with Crippen LogP contribution in [0.1, 0.15) is 30.0 Å². The standard InChI is InChI=1S/C25H27NO.CH4O3S/c1-20-17-18-26(19-24(20)27)25(21-11-5-2-6-12-21,22-13-7-3-8-14-22)23-15-9-4-10-16-23;1-5(2,3)4/h2-16,20,24,27H,17-19H2,1H3;1H3,(H,2,3,4). The van der Waals surface area contributed by atoms with Crippen molar-refractivity contribution in [2.45, 2.75) is 25.0 Å². The predicted molar refractivity (Wildman–Crippen MR) is 128 cm³/mol. The minimum atomic E-state index is -3.67. The molecule has 0 aromatic heterocycles. The Balaban J connectivity index is 0.000000523. The molecule has 1 aliphatic heterocycles. The van der Waals surface area contributed by atoms with E-state index in [-0.39, 0.29) is 6.10 Å². The van der Waals surface area contributed by atoms with Gasteiger partial charge >= 0.3 is 0 Å². The van der Waals surface area contributed by atoms with Crippen molar-refractivity contribution in [2.24, 2.45) is 5.92 Å². The molecule has 2 atom stereocenters. The first-order chi connectivity index (χ1) is 15.2. The molecule has 1 heterocycles. The van der Waals surface area contributed by atoms with Gasteiger partial charge in [0, 0.05) is 13.1 Å². The van der Waals surface area contributed by atoms with Crippen molar-refractivity contribution in [1.29, 1.82) is 0 Å². The Hall–Kier alpha value is -2.51. The van der Waals surface area contributed by atoms with Gasteiger partial charge in [-0.1, -0.05) is 97.9 Å². The highest BCUT2D eigenvalue weighted by atomic mass is 32.2. The number of rotatable bonds is 4. The Bertz CT molecular complexity index is 968. The van der Waals surface area contributed by atoms with Gasteiger partial charge in [-0.05, 0) is 29.0 Å². The molecule has 0 bridgehead atoms. The molecule has 0 radical (unpaired) electrons. The molecule has 1 aliphatic rings. The lowest BCUT2D eigenvalue weighted by molar-refractivity contribution is -0.00339. The molecule has 1 saturated heterocycles. The molecule has 5 nitrogen and oxygen atoms in total. The van der Waals surface area contributed by atoms with Crippen LogP contribution < -0.4 is 0 Å². The number of nitrogens with zero attached hydrogens (tertiary/aromatic N) is 1. The zero-order chi connectivity index (χ0) is 23.2. The van der Waals surface area contributed by atoms with Crippen LogP contribution in [-0.4, -0.2) is 48.4 Å². The number of piperidine rings is 1. The maximum Gasteiger partial charge on any atom is 0.261 e. The second kappa shape index (κ2) is 10.4. The van der Waals surface area contributed by atoms with Crippen LogP contribution in [0.3, 0.4) is 0 Å². The van der Waals surface area contributed by atoms with Crippen LogP contribution in [-0.2, 0) is 15.7 Å². The van der Waals surface area contributed by atoms with Gasteiger partial charge in [-0.25, -0.2) is 0 Å². The normalized spacial score (nSPS) is 19.6. The first-order valence-electron chi connectivity index (χ1n) is 10.7. The van der Waals surface area contributed by atoms with Crippen LogP contribution in [0.25, 0.3) is 0 Å². The first kappa shape index (κ1) is 24.1. The Labute approximate surface area is 191 Å². The minimum Gasteiger partial charge on any atom is -0.392 e. The van der Waals surface area contributed by atoms with Crippen LogP contribution in [0, 0.1) is 5.92 Å². The van der Waals surface area contributed by atoms with E-state index in [1.807, 2.05) is 0 Å². The summed E-state index contributed by atoms with van der Waals surface area (Å²) >= 11 is 0. The molecule has 1 fully saturated rings. The lowest BCUT2D eigenvalue weighted by atomic mass is 9.74. The molecule has 6 heteroatoms. The van der Waals surface area contributed by atoms with Gasteiger partial charge in [0.25, 0.3) is 10.1 Å². The summed E-state index contributed by atoms with van der Waals surface area (Å²) < 4.78 is 25.9. The number of hydrogen-bond acceptors (Lipinski definition) is 4. The molecule has 3 aromatic carbocycles. The highest BCUT2D eigenvalue weighted by Gasteiger charge is 2.44. The van der Waals surface area contributed by atoms with Gasteiger partial charge in [0.15, 0.2) is 0 Å². The van der Waals surface area contributed by atoms with Crippen LogP contribution >= 0.6 is 0 Å². The molecule has 2 unspecified atom stereocenters. The lowest BCUT2D eigenvalue weighted by Crippen LogP contribution is -2.55. The molecule has 0 amide bonds. The number of aliphatic hydroxyl groups excluding tert-OH is 1. The fourth-order valence-electron chi connectivity index (χ4n) is 4.44. The summed E-state index contributed by atoms with van der Waals surface area (Å²) in [6.07, 6.45) is 1.40. The maximum absolute atomic E-state index is 10.7. The Kier molecular flexibility index (Phi) is 7.85. The summed E-state index contributed by atoms with van der Waals surface area (Å²) in [5.41, 5.74) is 3.31. The topological polar surface area (TPSA) is 77.8 Å². The SMILES string of the molecule is CC1CCN(C(c2ccccc2)(c2ccccc2)c2ccccc2)CC1O.CS(=O)(=O)O. The van der Waals surface area contributed by atoms with Crippen LogP contribution in [0.5, 0.6) is 0 Å². The molecular weight excluding hydrogens is 422 g/mol. The van der Waals surface area contributed by atoms with Crippen molar-refractivity contribution in [1.82, 2.24) is 4.90 Å². The van der Waals surface area contributed by atoms with E-state index in [1.165, 1.54) is 16.7 Å². The van der Waals surface area contributed by atoms with E-state index in [9.17, 15) is 13.5 Å². The molecule has 0 spiro atoms. The molecule has 0 saturated carbocycles. The van der Waals surface area contributed by atoms with Crippen molar-refractivity contribution < 1.29 is 18.1 Å². The van der Waals surface area contributed by atoms with Gasteiger partial charge in [0.1, 0.15) is 0 Å². The van der Waals surface area contributed by atoms with E-state index in [0.29, 0.717) is 18.7 Å². The molecule has 0 aliphatic carbocycles. The Morgan fingerprint density at radius 3 is 1.47 bits per heavy atom. The first-order valence-corrected chi connectivity index (χ1v) is 12.6. The maximum atomic E-state index is 10.7. The van der Waals surface area contributed by atoms with Crippen LogP contribution in [0.4, 0.5) is 0 Å². The molecular formula is C26H31NO4S. The fourth-order valence-corrected chi connectivity index (χ4v) is 4.44. The van der Waals surface area contributed by atoms with Crippen molar-refractivity contribution in [3.8, 4) is 0 Å². The summed E-state index contributed by atoms with van der Waals surface area (Å²) in [4.78, 5) is 2.47. The zero-order valence-corrected chi connectivity index (χ0v) is 19.3. The number of benzene rings is 3. The Morgan fingerprint density at radius 1 is 0.812 bits per heavy atom. The third-order valence-electron chi connectivity index (χ3n) is 5.97. The van der Waals surface area contributed by atoms with E-state index in [4.69, 9.17) is 4.55 Å². The predicted octanol–water partition coefficient (Wildman–Crippen LogP) is 4.19. The average molecular weight is 454 g/mol. The number of likely N-dealkylation sites (tertiary alicyclic amines) is 1. The molecule has 2 N–H and O–H groups in total. The quantitative estimate of drug-likeness (QED) is 0.458. The molecule has 170 valence electrons. The van der Waals surface area contributed by atoms with Gasteiger partial charge in [-0.3, -0.25) is 9.45 Å². The summed E-state index contributed by atoms with van der Waals surface area (Å²) in [6, 6.07) is 32.1. The fraction of sp³-hybridized carbons (Fsp3) is 0.308. The van der Waals surface area contributed by atoms with E-state index >= 15 is 0 Å². The third kappa shape index (κ3) is 5.64. The van der Waals surface area contributed by atoms with E-state index < -0.39 is 15.7 Å². The molecule has 3 aromatic rings. The molecule has 32 heavy (non-hydrogen) atoms. The number of β-amino-alcohol motifs (C(OH)–C–C–N with tert-alkyl or cyclic N) is 1. The summed E-state index contributed by atoms with van der Waals surface area (Å²) in [7, 11) is -3.67. The van der Waals surface area contributed by atoms with Gasteiger partial charge in [0.2, 0.25) is 0 Å². The number of hydrogen-bond donors (Lipinski definition) is 2. The zero-order valence-electron chi connectivity index (χ0n) is 18.5. The second-order valence-electron chi connectivity index (χ2n) is 8.32. The van der Waals surface area contributed by atoms with Crippen molar-refractivity contribution in [3.05, 3.63) is 108 Å². The summed E-state index contributed by atoms with van der Waals surface area (Å²) in [5.74, 6) is 0.335. The third-order valence-corrected chi connectivity index (χ3v) is 5.97. The van der Waals surface area contributed by atoms with Gasteiger partial charge < -0.3 is 5.11 Å².